The maximum Gasteiger partial charge on any atom is 0.143 e. The van der Waals surface area contributed by atoms with Crippen LogP contribution < -0.4 is 0 Å². The maximum atomic E-state index is 10.1. The van der Waals surface area contributed by atoms with E-state index in [-0.39, 0.29) is 0 Å². The molecule has 1 aliphatic heterocycles. The number of nitrogens with zero attached hydrogens (tertiary/aromatic N) is 2. The second kappa shape index (κ2) is 4.98. The van der Waals surface area contributed by atoms with Crippen LogP contribution in [0.4, 0.5) is 0 Å². The molecule has 1 aromatic heterocycles. The third-order valence-electron chi connectivity index (χ3n) is 3.27. The Bertz CT molecular complexity index is 570. The van der Waals surface area contributed by atoms with Crippen LogP contribution in [0.5, 0.6) is 5.75 Å². The van der Waals surface area contributed by atoms with Crippen molar-refractivity contribution in [3.8, 4) is 5.75 Å². The second-order valence-corrected chi connectivity index (χ2v) is 5.65. The Morgan fingerprint density at radius 1 is 1.17 bits per heavy atom. The van der Waals surface area contributed by atoms with Gasteiger partial charge in [-0.25, -0.2) is 0 Å². The third-order valence-corrected chi connectivity index (χ3v) is 4.36. The van der Waals surface area contributed by atoms with E-state index in [1.54, 1.807) is 17.6 Å². The van der Waals surface area contributed by atoms with E-state index in [0.29, 0.717) is 5.75 Å². The van der Waals surface area contributed by atoms with Crippen LogP contribution in [0.15, 0.2) is 29.4 Å². The van der Waals surface area contributed by atoms with Crippen LogP contribution in [0.2, 0.25) is 0 Å². The van der Waals surface area contributed by atoms with Crippen molar-refractivity contribution in [1.29, 1.82) is 0 Å². The van der Waals surface area contributed by atoms with E-state index in [2.05, 4.69) is 10.1 Å². The number of benzene rings is 1. The molecule has 0 amide bonds. The SMILES string of the molecule is Oc1c(/C=N/N2CCCCC2)sc2ccccc12. The van der Waals surface area contributed by atoms with Gasteiger partial charge in [-0.15, -0.1) is 11.3 Å². The summed E-state index contributed by atoms with van der Waals surface area (Å²) in [5, 5.41) is 17.6. The van der Waals surface area contributed by atoms with Crippen molar-refractivity contribution in [1.82, 2.24) is 5.01 Å². The van der Waals surface area contributed by atoms with Gasteiger partial charge >= 0.3 is 0 Å². The molecule has 18 heavy (non-hydrogen) atoms. The first kappa shape index (κ1) is 11.5. The summed E-state index contributed by atoms with van der Waals surface area (Å²) in [6.45, 7) is 2.06. The molecule has 3 rings (SSSR count). The lowest BCUT2D eigenvalue weighted by atomic mass is 10.2. The van der Waals surface area contributed by atoms with Gasteiger partial charge in [-0.3, -0.25) is 5.01 Å². The van der Waals surface area contributed by atoms with Gasteiger partial charge in [-0.1, -0.05) is 12.1 Å². The lowest BCUT2D eigenvalue weighted by Crippen LogP contribution is -2.24. The molecule has 0 bridgehead atoms. The fourth-order valence-electron chi connectivity index (χ4n) is 2.27. The number of rotatable bonds is 2. The fraction of sp³-hybridized carbons (Fsp3) is 0.357. The number of hydrazone groups is 1. The number of hydrogen-bond acceptors (Lipinski definition) is 4. The van der Waals surface area contributed by atoms with E-state index in [9.17, 15) is 5.11 Å². The molecule has 2 heterocycles. The summed E-state index contributed by atoms with van der Waals surface area (Å²) in [6, 6.07) is 7.90. The van der Waals surface area contributed by atoms with Crippen molar-refractivity contribution >= 4 is 27.6 Å². The number of aromatic hydroxyl groups is 1. The summed E-state index contributed by atoms with van der Waals surface area (Å²) in [6.07, 6.45) is 5.54. The second-order valence-electron chi connectivity index (χ2n) is 4.57. The predicted octanol–water partition coefficient (Wildman–Crippen LogP) is 3.43. The van der Waals surface area contributed by atoms with E-state index in [1.165, 1.54) is 19.3 Å². The molecule has 1 aromatic carbocycles. The monoisotopic (exact) mass is 260 g/mol. The summed E-state index contributed by atoms with van der Waals surface area (Å²) in [5.41, 5.74) is 0. The quantitative estimate of drug-likeness (QED) is 0.840. The molecule has 1 N–H and O–H groups in total. The van der Waals surface area contributed by atoms with Crippen molar-refractivity contribution in [2.24, 2.45) is 5.10 Å². The van der Waals surface area contributed by atoms with Crippen molar-refractivity contribution in [3.63, 3.8) is 0 Å². The van der Waals surface area contributed by atoms with Crippen LogP contribution in [0.1, 0.15) is 24.1 Å². The Hall–Kier alpha value is -1.55. The molecule has 0 atom stereocenters. The zero-order valence-electron chi connectivity index (χ0n) is 10.2. The van der Waals surface area contributed by atoms with Crippen LogP contribution >= 0.6 is 11.3 Å². The first-order valence-corrected chi connectivity index (χ1v) is 7.16. The Labute approximate surface area is 110 Å². The fourth-order valence-corrected chi connectivity index (χ4v) is 3.23. The Balaban J connectivity index is 1.85. The Morgan fingerprint density at radius 2 is 1.94 bits per heavy atom. The maximum absolute atomic E-state index is 10.1. The minimum Gasteiger partial charge on any atom is -0.506 e. The first-order chi connectivity index (χ1) is 8.84. The summed E-state index contributed by atoms with van der Waals surface area (Å²) in [5.74, 6) is 0.358. The highest BCUT2D eigenvalue weighted by atomic mass is 32.1. The van der Waals surface area contributed by atoms with Gasteiger partial charge < -0.3 is 5.11 Å². The molecule has 2 aromatic rings. The normalized spacial score (nSPS) is 16.8. The Morgan fingerprint density at radius 3 is 2.72 bits per heavy atom. The average molecular weight is 260 g/mol. The molecule has 1 fully saturated rings. The molecule has 0 unspecified atom stereocenters. The van der Waals surface area contributed by atoms with Gasteiger partial charge in [0.2, 0.25) is 0 Å². The topological polar surface area (TPSA) is 35.8 Å². The third kappa shape index (κ3) is 2.20. The molecule has 0 spiro atoms. The van der Waals surface area contributed by atoms with Gasteiger partial charge in [0.05, 0.1) is 11.1 Å². The zero-order chi connectivity index (χ0) is 12.4. The standard InChI is InChI=1S/C14H16N2OS/c17-14-11-6-2-3-7-12(11)18-13(14)10-15-16-8-4-1-5-9-16/h2-3,6-7,10,17H,1,4-5,8-9H2/b15-10+. The molecule has 1 aliphatic rings. The summed E-state index contributed by atoms with van der Waals surface area (Å²) in [7, 11) is 0. The zero-order valence-corrected chi connectivity index (χ0v) is 11.0. The minimum atomic E-state index is 0.358. The molecule has 1 saturated heterocycles. The summed E-state index contributed by atoms with van der Waals surface area (Å²) >= 11 is 1.59. The smallest absolute Gasteiger partial charge is 0.143 e. The van der Waals surface area contributed by atoms with Crippen LogP contribution in [0.25, 0.3) is 10.1 Å². The lowest BCUT2D eigenvalue weighted by molar-refractivity contribution is 0.240. The molecular weight excluding hydrogens is 244 g/mol. The van der Waals surface area contributed by atoms with Gasteiger partial charge in [0.15, 0.2) is 0 Å². The lowest BCUT2D eigenvalue weighted by Gasteiger charge is -2.23. The molecular formula is C14H16N2OS. The van der Waals surface area contributed by atoms with Crippen molar-refractivity contribution < 1.29 is 5.11 Å². The highest BCUT2D eigenvalue weighted by Crippen LogP contribution is 2.35. The Kier molecular flexibility index (Phi) is 3.19. The van der Waals surface area contributed by atoms with Gasteiger partial charge in [-0.2, -0.15) is 5.10 Å². The number of thiophene rings is 1. The van der Waals surface area contributed by atoms with Crippen LogP contribution in [-0.2, 0) is 0 Å². The van der Waals surface area contributed by atoms with Gasteiger partial charge in [0.25, 0.3) is 0 Å². The highest BCUT2D eigenvalue weighted by molar-refractivity contribution is 7.21. The van der Waals surface area contributed by atoms with Crippen LogP contribution in [-0.4, -0.2) is 29.4 Å². The molecule has 3 nitrogen and oxygen atoms in total. The number of piperidine rings is 1. The van der Waals surface area contributed by atoms with Gasteiger partial charge in [-0.05, 0) is 31.4 Å². The average Bonchev–Trinajstić information content (AvgIpc) is 2.75. The van der Waals surface area contributed by atoms with E-state index in [4.69, 9.17) is 0 Å². The van der Waals surface area contributed by atoms with Crippen molar-refractivity contribution in [3.05, 3.63) is 29.1 Å². The van der Waals surface area contributed by atoms with Crippen LogP contribution in [0.3, 0.4) is 0 Å². The van der Waals surface area contributed by atoms with Gasteiger partial charge in [0.1, 0.15) is 5.75 Å². The predicted molar refractivity (Wildman–Crippen MR) is 76.5 cm³/mol. The minimum absolute atomic E-state index is 0.358. The van der Waals surface area contributed by atoms with Crippen molar-refractivity contribution in [2.45, 2.75) is 19.3 Å². The highest BCUT2D eigenvalue weighted by Gasteiger charge is 2.10. The van der Waals surface area contributed by atoms with E-state index in [0.717, 1.165) is 28.1 Å². The molecule has 94 valence electrons. The molecule has 4 heteroatoms. The van der Waals surface area contributed by atoms with E-state index in [1.807, 2.05) is 24.3 Å². The summed E-state index contributed by atoms with van der Waals surface area (Å²) < 4.78 is 1.11. The van der Waals surface area contributed by atoms with Crippen molar-refractivity contribution in [2.75, 3.05) is 13.1 Å². The van der Waals surface area contributed by atoms with Gasteiger partial charge in [0, 0.05) is 23.2 Å². The number of fused-ring (bicyclic) bond motifs is 1. The van der Waals surface area contributed by atoms with E-state index >= 15 is 0 Å². The molecule has 0 saturated carbocycles. The molecule has 0 aliphatic carbocycles. The first-order valence-electron chi connectivity index (χ1n) is 6.34. The summed E-state index contributed by atoms with van der Waals surface area (Å²) in [4.78, 5) is 0.849. The molecule has 0 radical (unpaired) electrons. The number of hydrogen-bond donors (Lipinski definition) is 1. The van der Waals surface area contributed by atoms with Crippen LogP contribution in [0, 0.1) is 0 Å². The largest absolute Gasteiger partial charge is 0.506 e. The van der Waals surface area contributed by atoms with E-state index < -0.39 is 0 Å².